The van der Waals surface area contributed by atoms with Gasteiger partial charge in [-0.1, -0.05) is 0 Å². The van der Waals surface area contributed by atoms with Crippen molar-refractivity contribution in [1.82, 2.24) is 0 Å². The molecular weight excluding hydrogens is 167 g/mol. The second-order valence-electron chi connectivity index (χ2n) is 1.55. The van der Waals surface area contributed by atoms with Crippen LogP contribution in [0.25, 0.3) is 0 Å². The third-order valence-corrected chi connectivity index (χ3v) is 0.771. The fourth-order valence-corrected chi connectivity index (χ4v) is 0.288. The van der Waals surface area contributed by atoms with Crippen LogP contribution >= 0.6 is 12.4 Å². The van der Waals surface area contributed by atoms with Crippen molar-refractivity contribution in [3.8, 4) is 0 Å². The maximum absolute atomic E-state index is 11.9. The fourth-order valence-electron chi connectivity index (χ4n) is 0.288. The second-order valence-corrected chi connectivity index (χ2v) is 1.55. The molecule has 3 N–H and O–H groups in total. The minimum atomic E-state index is -3.66. The van der Waals surface area contributed by atoms with Gasteiger partial charge in [0.2, 0.25) is 0 Å². The SMILES string of the molecule is Cl.NCCC(F)(F)C(=O)O. The smallest absolute Gasteiger partial charge is 0.374 e. The largest absolute Gasteiger partial charge is 0.477 e. The number of halogens is 3. The van der Waals surface area contributed by atoms with Crippen LogP contribution in [0.5, 0.6) is 0 Å². The average molecular weight is 176 g/mol. The summed E-state index contributed by atoms with van der Waals surface area (Å²) in [6.45, 7) is -0.320. The summed E-state index contributed by atoms with van der Waals surface area (Å²) in [6.07, 6.45) is -0.803. The van der Waals surface area contributed by atoms with E-state index >= 15 is 0 Å². The third-order valence-electron chi connectivity index (χ3n) is 0.771. The zero-order valence-electron chi connectivity index (χ0n) is 5.01. The highest BCUT2D eigenvalue weighted by molar-refractivity contribution is 5.85. The lowest BCUT2D eigenvalue weighted by atomic mass is 10.2. The van der Waals surface area contributed by atoms with Crippen LogP contribution in [0.2, 0.25) is 0 Å². The lowest BCUT2D eigenvalue weighted by Crippen LogP contribution is -2.30. The molecule has 62 valence electrons. The number of carboxylic acids is 1. The summed E-state index contributed by atoms with van der Waals surface area (Å²) < 4.78 is 23.7. The molecule has 0 aromatic heterocycles. The zero-order valence-corrected chi connectivity index (χ0v) is 5.83. The van der Waals surface area contributed by atoms with Crippen molar-refractivity contribution in [3.63, 3.8) is 0 Å². The van der Waals surface area contributed by atoms with Gasteiger partial charge in [-0.3, -0.25) is 0 Å². The van der Waals surface area contributed by atoms with Gasteiger partial charge in [0.1, 0.15) is 0 Å². The van der Waals surface area contributed by atoms with E-state index in [0.717, 1.165) is 0 Å². The predicted octanol–water partition coefficient (Wildman–Crippen LogP) is 0.477. The summed E-state index contributed by atoms with van der Waals surface area (Å²) in [5.41, 5.74) is 4.71. The van der Waals surface area contributed by atoms with Crippen molar-refractivity contribution >= 4 is 18.4 Å². The number of aliphatic carboxylic acids is 1. The molecule has 0 bridgehead atoms. The number of hydrogen-bond acceptors (Lipinski definition) is 2. The summed E-state index contributed by atoms with van der Waals surface area (Å²) in [4.78, 5) is 9.61. The molecule has 0 unspecified atom stereocenters. The van der Waals surface area contributed by atoms with Crippen LogP contribution in [0, 0.1) is 0 Å². The minimum Gasteiger partial charge on any atom is -0.477 e. The highest BCUT2D eigenvalue weighted by Gasteiger charge is 2.37. The van der Waals surface area contributed by atoms with E-state index in [9.17, 15) is 13.6 Å². The molecule has 0 aliphatic carbocycles. The first-order valence-corrected chi connectivity index (χ1v) is 2.32. The van der Waals surface area contributed by atoms with E-state index in [1.54, 1.807) is 0 Å². The quantitative estimate of drug-likeness (QED) is 0.656. The van der Waals surface area contributed by atoms with Gasteiger partial charge in [0.05, 0.1) is 0 Å². The zero-order chi connectivity index (χ0) is 7.49. The summed E-state index contributed by atoms with van der Waals surface area (Å²) in [7, 11) is 0. The van der Waals surface area contributed by atoms with Crippen molar-refractivity contribution in [2.24, 2.45) is 5.73 Å². The maximum atomic E-state index is 11.9. The van der Waals surface area contributed by atoms with E-state index in [4.69, 9.17) is 10.8 Å². The van der Waals surface area contributed by atoms with Crippen molar-refractivity contribution in [3.05, 3.63) is 0 Å². The molecule has 0 aromatic rings. The number of alkyl halides is 2. The Balaban J connectivity index is 0. The first kappa shape index (κ1) is 12.3. The standard InChI is InChI=1S/C4H7F2NO2.ClH/c5-4(6,1-2-7)3(8)9;/h1-2,7H2,(H,8,9);1H. The highest BCUT2D eigenvalue weighted by atomic mass is 35.5. The van der Waals surface area contributed by atoms with E-state index in [1.807, 2.05) is 0 Å². The minimum absolute atomic E-state index is 0. The number of hydrogen-bond donors (Lipinski definition) is 2. The van der Waals surface area contributed by atoms with Crippen LogP contribution in [0.3, 0.4) is 0 Å². The molecule has 0 radical (unpaired) electrons. The van der Waals surface area contributed by atoms with Gasteiger partial charge in [-0.2, -0.15) is 8.78 Å². The molecule has 0 saturated carbocycles. The maximum Gasteiger partial charge on any atom is 0.374 e. The Morgan fingerprint density at radius 3 is 2.10 bits per heavy atom. The van der Waals surface area contributed by atoms with Crippen LogP contribution in [0.1, 0.15) is 6.42 Å². The molecule has 0 aromatic carbocycles. The first-order chi connectivity index (χ1) is 4.00. The number of nitrogens with two attached hydrogens (primary N) is 1. The van der Waals surface area contributed by atoms with Crippen LogP contribution in [-0.4, -0.2) is 23.5 Å². The topological polar surface area (TPSA) is 63.3 Å². The molecule has 0 atom stereocenters. The van der Waals surface area contributed by atoms with Crippen LogP contribution in [0.15, 0.2) is 0 Å². The van der Waals surface area contributed by atoms with Gasteiger partial charge < -0.3 is 10.8 Å². The van der Waals surface area contributed by atoms with Gasteiger partial charge in [0.15, 0.2) is 0 Å². The lowest BCUT2D eigenvalue weighted by Gasteiger charge is -2.07. The molecule has 0 rings (SSSR count). The predicted molar refractivity (Wildman–Crippen MR) is 33.5 cm³/mol. The molecular formula is C4H8ClF2NO2. The van der Waals surface area contributed by atoms with E-state index in [0.29, 0.717) is 0 Å². The van der Waals surface area contributed by atoms with Gasteiger partial charge in [0.25, 0.3) is 0 Å². The van der Waals surface area contributed by atoms with Gasteiger partial charge in [-0.15, -0.1) is 12.4 Å². The Morgan fingerprint density at radius 1 is 1.60 bits per heavy atom. The molecule has 0 aliphatic rings. The molecule has 0 amide bonds. The van der Waals surface area contributed by atoms with Crippen LogP contribution < -0.4 is 5.73 Å². The Bertz CT molecular complexity index is 120. The van der Waals surface area contributed by atoms with Gasteiger partial charge in [-0.05, 0) is 6.54 Å². The summed E-state index contributed by atoms with van der Waals surface area (Å²) in [5, 5.41) is 7.77. The molecule has 10 heavy (non-hydrogen) atoms. The summed E-state index contributed by atoms with van der Waals surface area (Å²) in [6, 6.07) is 0. The van der Waals surface area contributed by atoms with Crippen molar-refractivity contribution in [2.45, 2.75) is 12.3 Å². The molecule has 0 aliphatic heterocycles. The van der Waals surface area contributed by atoms with Crippen LogP contribution in [-0.2, 0) is 4.79 Å². The average Bonchev–Trinajstić information content (AvgIpc) is 1.65. The van der Waals surface area contributed by atoms with Gasteiger partial charge >= 0.3 is 11.9 Å². The summed E-state index contributed by atoms with van der Waals surface area (Å²) >= 11 is 0. The Kier molecular flexibility index (Phi) is 5.41. The normalized spacial score (nSPS) is 10.3. The molecule has 0 heterocycles. The molecule has 0 spiro atoms. The molecule has 0 fully saturated rings. The molecule has 0 saturated heterocycles. The van der Waals surface area contributed by atoms with Gasteiger partial charge in [-0.25, -0.2) is 4.79 Å². The van der Waals surface area contributed by atoms with Crippen molar-refractivity contribution < 1.29 is 18.7 Å². The Labute approximate surface area is 62.6 Å². The monoisotopic (exact) mass is 175 g/mol. The van der Waals surface area contributed by atoms with Crippen molar-refractivity contribution in [2.75, 3.05) is 6.54 Å². The Hall–Kier alpha value is -0.420. The number of carbonyl (C=O) groups is 1. The van der Waals surface area contributed by atoms with E-state index < -0.39 is 18.3 Å². The second kappa shape index (κ2) is 4.40. The fraction of sp³-hybridized carbons (Fsp3) is 0.750. The van der Waals surface area contributed by atoms with Crippen LogP contribution in [0.4, 0.5) is 8.78 Å². The van der Waals surface area contributed by atoms with Gasteiger partial charge in [0, 0.05) is 6.42 Å². The third kappa shape index (κ3) is 3.58. The lowest BCUT2D eigenvalue weighted by molar-refractivity contribution is -0.165. The molecule has 6 heteroatoms. The molecule has 3 nitrogen and oxygen atoms in total. The summed E-state index contributed by atoms with van der Waals surface area (Å²) in [5.74, 6) is -5.78. The first-order valence-electron chi connectivity index (χ1n) is 2.32. The van der Waals surface area contributed by atoms with Crippen molar-refractivity contribution in [1.29, 1.82) is 0 Å². The highest BCUT2D eigenvalue weighted by Crippen LogP contribution is 2.16. The Morgan fingerprint density at radius 2 is 2.00 bits per heavy atom. The van der Waals surface area contributed by atoms with E-state index in [-0.39, 0.29) is 19.0 Å². The van der Waals surface area contributed by atoms with E-state index in [1.165, 1.54) is 0 Å². The van der Waals surface area contributed by atoms with E-state index in [2.05, 4.69) is 0 Å². The number of carboxylic acid groups (broad SMARTS) is 1. The number of rotatable bonds is 3.